The summed E-state index contributed by atoms with van der Waals surface area (Å²) >= 11 is 0. The van der Waals surface area contributed by atoms with Crippen LogP contribution in [0.3, 0.4) is 0 Å². The minimum atomic E-state index is -0.769. The van der Waals surface area contributed by atoms with Gasteiger partial charge in [-0.3, -0.25) is 14.5 Å². The molecule has 7 nitrogen and oxygen atoms in total. The number of likely N-dealkylation sites (N-methyl/N-ethyl adjacent to an activating group) is 1. The van der Waals surface area contributed by atoms with Crippen molar-refractivity contribution in [3.63, 3.8) is 0 Å². The molecule has 0 saturated carbocycles. The van der Waals surface area contributed by atoms with Crippen LogP contribution in [0, 0.1) is 0 Å². The number of carbonyl (C=O) groups is 2. The lowest BCUT2D eigenvalue weighted by Gasteiger charge is -2.32. The van der Waals surface area contributed by atoms with Crippen LogP contribution in [0.5, 0.6) is 0 Å². The summed E-state index contributed by atoms with van der Waals surface area (Å²) in [6.45, 7) is 3.23. The predicted molar refractivity (Wildman–Crippen MR) is 81.3 cm³/mol. The highest BCUT2D eigenvalue weighted by molar-refractivity contribution is 5.78. The molecule has 1 fully saturated rings. The van der Waals surface area contributed by atoms with E-state index in [-0.39, 0.29) is 6.04 Å². The number of nitrogens with one attached hydrogen (secondary N) is 1. The average molecular weight is 303 g/mol. The molecule has 5 N–H and O–H groups in total. The zero-order chi connectivity index (χ0) is 16.5. The Morgan fingerprint density at radius 3 is 2.24 bits per heavy atom. The van der Waals surface area contributed by atoms with E-state index in [9.17, 15) is 9.59 Å². The van der Waals surface area contributed by atoms with Crippen molar-refractivity contribution in [2.75, 3.05) is 27.2 Å². The van der Waals surface area contributed by atoms with Crippen LogP contribution < -0.4 is 11.1 Å². The third-order valence-corrected chi connectivity index (χ3v) is 3.92. The van der Waals surface area contributed by atoms with Crippen molar-refractivity contribution in [3.05, 3.63) is 0 Å². The molecule has 21 heavy (non-hydrogen) atoms. The third-order valence-electron chi connectivity index (χ3n) is 3.92. The Hall–Kier alpha value is -1.18. The molecule has 1 aliphatic rings. The van der Waals surface area contributed by atoms with Gasteiger partial charge in [-0.25, -0.2) is 0 Å². The first-order valence-electron chi connectivity index (χ1n) is 7.32. The lowest BCUT2D eigenvalue weighted by Crippen LogP contribution is -2.48. The molecule has 124 valence electrons. The van der Waals surface area contributed by atoms with Gasteiger partial charge >= 0.3 is 11.9 Å². The lowest BCUT2D eigenvalue weighted by atomic mass is 9.94. The Kier molecular flexibility index (Phi) is 9.16. The van der Waals surface area contributed by atoms with Gasteiger partial charge < -0.3 is 21.3 Å². The fraction of sp³-hybridized carbons (Fsp3) is 0.857. The van der Waals surface area contributed by atoms with E-state index in [1.807, 2.05) is 0 Å². The zero-order valence-electron chi connectivity index (χ0n) is 13.3. The first-order chi connectivity index (χ1) is 9.75. The van der Waals surface area contributed by atoms with E-state index in [1.165, 1.54) is 0 Å². The van der Waals surface area contributed by atoms with Crippen LogP contribution in [0.25, 0.3) is 0 Å². The molecule has 7 heteroatoms. The first-order valence-corrected chi connectivity index (χ1v) is 7.32. The Morgan fingerprint density at radius 1 is 1.33 bits per heavy atom. The van der Waals surface area contributed by atoms with Gasteiger partial charge in [0.2, 0.25) is 0 Å². The van der Waals surface area contributed by atoms with Crippen molar-refractivity contribution in [3.8, 4) is 0 Å². The van der Waals surface area contributed by atoms with E-state index in [2.05, 4.69) is 5.32 Å². The first kappa shape index (κ1) is 19.8. The number of hydrogen-bond acceptors (Lipinski definition) is 5. The van der Waals surface area contributed by atoms with Gasteiger partial charge in [-0.1, -0.05) is 0 Å². The van der Waals surface area contributed by atoms with Crippen molar-refractivity contribution >= 4 is 11.9 Å². The fourth-order valence-electron chi connectivity index (χ4n) is 2.03. The largest absolute Gasteiger partial charge is 0.480 e. The highest BCUT2D eigenvalue weighted by atomic mass is 16.4. The van der Waals surface area contributed by atoms with Gasteiger partial charge in [0.05, 0.1) is 0 Å². The normalized spacial score (nSPS) is 20.5. The van der Waals surface area contributed by atoms with Crippen LogP contribution in [-0.4, -0.2) is 65.8 Å². The van der Waals surface area contributed by atoms with Crippen LogP contribution in [0.4, 0.5) is 0 Å². The van der Waals surface area contributed by atoms with Gasteiger partial charge in [-0.15, -0.1) is 0 Å². The second-order valence-corrected chi connectivity index (χ2v) is 5.71. The van der Waals surface area contributed by atoms with Crippen molar-refractivity contribution in [2.45, 2.75) is 50.6 Å². The second-order valence-electron chi connectivity index (χ2n) is 5.71. The molecule has 1 rings (SSSR count). The Labute approximate surface area is 126 Å². The number of carboxylic acid groups (broad SMARTS) is 2. The smallest absolute Gasteiger partial charge is 0.323 e. The molecule has 0 amide bonds. The van der Waals surface area contributed by atoms with Gasteiger partial charge in [0, 0.05) is 0 Å². The van der Waals surface area contributed by atoms with Crippen LogP contribution in [-0.2, 0) is 9.59 Å². The molecule has 0 unspecified atom stereocenters. The summed E-state index contributed by atoms with van der Waals surface area (Å²) in [7, 11) is 3.58. The maximum Gasteiger partial charge on any atom is 0.323 e. The highest BCUT2D eigenvalue weighted by Gasteiger charge is 2.34. The number of aliphatic carboxylic acids is 2. The van der Waals surface area contributed by atoms with E-state index in [0.717, 1.165) is 32.2 Å². The standard InChI is InChI=1S/C9H20N2O2.C5H9NO2/c1-9(8(12)13,11(2)3)6-4-5-7-10;7-5(8)4-2-1-3-6-4/h4-7,10H2,1-3H3,(H,12,13);4,6H,1-3H2,(H,7,8)/t9-;4-/m00/s1. The van der Waals surface area contributed by atoms with E-state index in [0.29, 0.717) is 13.0 Å². The van der Waals surface area contributed by atoms with E-state index in [1.54, 1.807) is 25.9 Å². The Bertz CT molecular complexity index is 330. The molecular formula is C14H29N3O4. The van der Waals surface area contributed by atoms with Crippen LogP contribution in [0.15, 0.2) is 0 Å². The maximum atomic E-state index is 11.0. The molecular weight excluding hydrogens is 274 g/mol. The van der Waals surface area contributed by atoms with Gasteiger partial charge in [-0.2, -0.15) is 0 Å². The summed E-state index contributed by atoms with van der Waals surface area (Å²) < 4.78 is 0. The summed E-state index contributed by atoms with van der Waals surface area (Å²) in [6.07, 6.45) is 4.17. The summed E-state index contributed by atoms with van der Waals surface area (Å²) in [4.78, 5) is 22.9. The highest BCUT2D eigenvalue weighted by Crippen LogP contribution is 2.19. The van der Waals surface area contributed by atoms with Crippen molar-refractivity contribution in [1.29, 1.82) is 0 Å². The summed E-state index contributed by atoms with van der Waals surface area (Å²) in [5, 5.41) is 20.2. The number of carboxylic acids is 2. The van der Waals surface area contributed by atoms with E-state index < -0.39 is 17.5 Å². The van der Waals surface area contributed by atoms with E-state index in [4.69, 9.17) is 15.9 Å². The molecule has 1 aliphatic heterocycles. The lowest BCUT2D eigenvalue weighted by molar-refractivity contribution is -0.149. The van der Waals surface area contributed by atoms with E-state index >= 15 is 0 Å². The second kappa shape index (κ2) is 9.70. The van der Waals surface area contributed by atoms with Crippen LogP contribution in [0.2, 0.25) is 0 Å². The summed E-state index contributed by atoms with van der Waals surface area (Å²) in [5.41, 5.74) is 4.59. The molecule has 0 bridgehead atoms. The van der Waals surface area contributed by atoms with Crippen molar-refractivity contribution in [2.24, 2.45) is 5.73 Å². The molecule has 0 aliphatic carbocycles. The third kappa shape index (κ3) is 6.88. The number of nitrogens with zero attached hydrogens (tertiary/aromatic N) is 1. The van der Waals surface area contributed by atoms with Crippen molar-refractivity contribution < 1.29 is 19.8 Å². The molecule has 1 heterocycles. The quantitative estimate of drug-likeness (QED) is 0.501. The number of unbranched alkanes of at least 4 members (excludes halogenated alkanes) is 1. The van der Waals surface area contributed by atoms with Crippen LogP contribution in [0.1, 0.15) is 39.0 Å². The van der Waals surface area contributed by atoms with Gasteiger partial charge in [0.15, 0.2) is 0 Å². The monoisotopic (exact) mass is 303 g/mol. The Morgan fingerprint density at radius 2 is 1.95 bits per heavy atom. The molecule has 2 atom stereocenters. The minimum Gasteiger partial charge on any atom is -0.480 e. The summed E-state index contributed by atoms with van der Waals surface area (Å²) in [5.74, 6) is -1.49. The SMILES string of the molecule is CN(C)[C@@](C)(CCCCN)C(=O)O.O=C(O)[C@@H]1CCCN1. The zero-order valence-corrected chi connectivity index (χ0v) is 13.3. The topological polar surface area (TPSA) is 116 Å². The van der Waals surface area contributed by atoms with Gasteiger partial charge in [-0.05, 0) is 66.2 Å². The average Bonchev–Trinajstić information content (AvgIpc) is 2.93. The number of rotatable bonds is 7. The molecule has 1 saturated heterocycles. The van der Waals surface area contributed by atoms with Crippen LogP contribution >= 0.6 is 0 Å². The van der Waals surface area contributed by atoms with Gasteiger partial charge in [0.25, 0.3) is 0 Å². The molecule has 0 aromatic rings. The number of nitrogens with two attached hydrogens (primary N) is 1. The fourth-order valence-corrected chi connectivity index (χ4v) is 2.03. The molecule has 0 radical (unpaired) electrons. The van der Waals surface area contributed by atoms with Gasteiger partial charge in [0.1, 0.15) is 11.6 Å². The Balaban J connectivity index is 0.000000423. The van der Waals surface area contributed by atoms with Crippen molar-refractivity contribution in [1.82, 2.24) is 10.2 Å². The number of hydrogen-bond donors (Lipinski definition) is 4. The maximum absolute atomic E-state index is 11.0. The predicted octanol–water partition coefficient (Wildman–Crippen LogP) is 0.343. The summed E-state index contributed by atoms with van der Waals surface area (Å²) in [6, 6.07) is -0.269. The minimum absolute atomic E-state index is 0.269. The molecule has 0 aromatic heterocycles. The molecule has 0 aromatic carbocycles. The molecule has 0 spiro atoms.